The molecule has 0 radical (unpaired) electrons. The van der Waals surface area contributed by atoms with Gasteiger partial charge in [0.05, 0.1) is 10.9 Å². The third-order valence-corrected chi connectivity index (χ3v) is 4.55. The van der Waals surface area contributed by atoms with Crippen molar-refractivity contribution in [1.82, 2.24) is 0 Å². The van der Waals surface area contributed by atoms with Crippen molar-refractivity contribution in [2.24, 2.45) is 5.73 Å². The molecular weight excluding hydrogens is 276 g/mol. The average molecular weight is 292 g/mol. The number of rotatable bonds is 4. The molecule has 106 valence electrons. The van der Waals surface area contributed by atoms with Gasteiger partial charge in [-0.3, -0.25) is 14.4 Å². The number of primary amides is 1. The highest BCUT2D eigenvalue weighted by molar-refractivity contribution is 8.01. The fraction of sp³-hybridized carbons (Fsp3) is 0.357. The van der Waals surface area contributed by atoms with Gasteiger partial charge in [0.2, 0.25) is 11.8 Å². The largest absolute Gasteiger partial charge is 0.368 e. The van der Waals surface area contributed by atoms with Gasteiger partial charge in [-0.2, -0.15) is 0 Å². The van der Waals surface area contributed by atoms with Gasteiger partial charge in [0.25, 0.3) is 0 Å². The molecule has 5 nitrogen and oxygen atoms in total. The number of nitrogens with two attached hydrogens (primary N) is 1. The summed E-state index contributed by atoms with van der Waals surface area (Å²) in [6, 6.07) is 5.13. The molecule has 1 aromatic carbocycles. The first kappa shape index (κ1) is 14.6. The number of fused-ring (bicyclic) bond motifs is 1. The van der Waals surface area contributed by atoms with Crippen LogP contribution in [0.4, 0.5) is 5.69 Å². The van der Waals surface area contributed by atoms with Crippen LogP contribution in [0.15, 0.2) is 23.1 Å². The third kappa shape index (κ3) is 2.70. The van der Waals surface area contributed by atoms with Crippen molar-refractivity contribution >= 4 is 35.0 Å². The Bertz CT molecular complexity index is 586. The lowest BCUT2D eigenvalue weighted by atomic mass is 10.1. The van der Waals surface area contributed by atoms with Crippen LogP contribution in [0.2, 0.25) is 0 Å². The molecule has 2 rings (SSSR count). The zero-order valence-corrected chi connectivity index (χ0v) is 12.2. The van der Waals surface area contributed by atoms with Crippen LogP contribution < -0.4 is 10.6 Å². The second kappa shape index (κ2) is 5.66. The Hall–Kier alpha value is -1.82. The Morgan fingerprint density at radius 3 is 2.65 bits per heavy atom. The monoisotopic (exact) mass is 292 g/mol. The van der Waals surface area contributed by atoms with Gasteiger partial charge in [-0.1, -0.05) is 6.92 Å². The molecule has 0 aromatic heterocycles. The number of thioether (sulfide) groups is 1. The molecule has 0 fully saturated rings. The number of nitrogens with zero attached hydrogens (tertiary/aromatic N) is 1. The molecule has 1 aliphatic heterocycles. The first-order chi connectivity index (χ1) is 9.43. The van der Waals surface area contributed by atoms with Crippen LogP contribution in [-0.2, 0) is 9.59 Å². The number of anilines is 1. The SMILES string of the molecule is CCC1Sc2cc(C(C)=O)ccc2N(CC(N)=O)C1=O. The van der Waals surface area contributed by atoms with E-state index in [-0.39, 0.29) is 23.5 Å². The zero-order chi connectivity index (χ0) is 14.9. The Labute approximate surface area is 121 Å². The molecule has 1 aromatic rings. The topological polar surface area (TPSA) is 80.5 Å². The third-order valence-electron chi connectivity index (χ3n) is 3.15. The Balaban J connectivity index is 2.47. The molecule has 6 heteroatoms. The van der Waals surface area contributed by atoms with Crippen molar-refractivity contribution in [3.63, 3.8) is 0 Å². The van der Waals surface area contributed by atoms with Crippen LogP contribution in [0.3, 0.4) is 0 Å². The highest BCUT2D eigenvalue weighted by atomic mass is 32.2. The quantitative estimate of drug-likeness (QED) is 0.855. The predicted molar refractivity (Wildman–Crippen MR) is 77.9 cm³/mol. The maximum atomic E-state index is 12.3. The predicted octanol–water partition coefficient (Wildman–Crippen LogP) is 1.59. The van der Waals surface area contributed by atoms with Gasteiger partial charge in [-0.05, 0) is 31.5 Å². The number of hydrogen-bond donors (Lipinski definition) is 1. The molecule has 0 saturated carbocycles. The molecular formula is C14H16N2O3S. The standard InChI is InChI=1S/C14H16N2O3S/c1-3-11-14(19)16(7-13(15)18)10-5-4-9(8(2)17)6-12(10)20-11/h4-6,11H,3,7H2,1-2H3,(H2,15,18). The van der Waals surface area contributed by atoms with Crippen LogP contribution in [0.25, 0.3) is 0 Å². The van der Waals surface area contributed by atoms with E-state index in [0.717, 1.165) is 4.90 Å². The van der Waals surface area contributed by atoms with Crippen molar-refractivity contribution in [3.8, 4) is 0 Å². The van der Waals surface area contributed by atoms with Crippen molar-refractivity contribution in [3.05, 3.63) is 23.8 Å². The second-order valence-electron chi connectivity index (χ2n) is 4.64. The minimum atomic E-state index is -0.554. The zero-order valence-electron chi connectivity index (χ0n) is 11.4. The van der Waals surface area contributed by atoms with E-state index in [0.29, 0.717) is 17.7 Å². The Morgan fingerprint density at radius 2 is 2.10 bits per heavy atom. The molecule has 1 atom stereocenters. The van der Waals surface area contributed by atoms with Crippen LogP contribution in [0.5, 0.6) is 0 Å². The molecule has 0 bridgehead atoms. The summed E-state index contributed by atoms with van der Waals surface area (Å²) in [6.07, 6.45) is 0.655. The minimum Gasteiger partial charge on any atom is -0.368 e. The molecule has 1 unspecified atom stereocenters. The Kier molecular flexibility index (Phi) is 4.13. The maximum absolute atomic E-state index is 12.3. The van der Waals surface area contributed by atoms with Crippen molar-refractivity contribution < 1.29 is 14.4 Å². The van der Waals surface area contributed by atoms with E-state index in [1.807, 2.05) is 6.92 Å². The normalized spacial score (nSPS) is 17.8. The Morgan fingerprint density at radius 1 is 1.40 bits per heavy atom. The minimum absolute atomic E-state index is 0.0280. The summed E-state index contributed by atoms with van der Waals surface area (Å²) >= 11 is 1.43. The summed E-state index contributed by atoms with van der Waals surface area (Å²) in [6.45, 7) is 3.28. The van der Waals surface area contributed by atoms with Crippen LogP contribution in [0.1, 0.15) is 30.6 Å². The lowest BCUT2D eigenvalue weighted by Crippen LogP contribution is -2.45. The van der Waals surface area contributed by atoms with E-state index in [2.05, 4.69) is 0 Å². The van der Waals surface area contributed by atoms with E-state index in [1.165, 1.54) is 23.6 Å². The van der Waals surface area contributed by atoms with Gasteiger partial charge >= 0.3 is 0 Å². The van der Waals surface area contributed by atoms with E-state index in [9.17, 15) is 14.4 Å². The fourth-order valence-corrected chi connectivity index (χ4v) is 3.32. The van der Waals surface area contributed by atoms with Gasteiger partial charge in [-0.15, -0.1) is 11.8 Å². The number of amides is 2. The molecule has 20 heavy (non-hydrogen) atoms. The smallest absolute Gasteiger partial charge is 0.240 e. The molecule has 2 N–H and O–H groups in total. The lowest BCUT2D eigenvalue weighted by Gasteiger charge is -2.32. The summed E-state index contributed by atoms with van der Waals surface area (Å²) in [5.41, 5.74) is 6.46. The maximum Gasteiger partial charge on any atom is 0.240 e. The fourth-order valence-electron chi connectivity index (χ4n) is 2.12. The molecule has 2 amide bonds. The van der Waals surface area contributed by atoms with Gasteiger partial charge in [-0.25, -0.2) is 0 Å². The first-order valence-corrected chi connectivity index (χ1v) is 7.23. The molecule has 1 aliphatic rings. The van der Waals surface area contributed by atoms with Crippen LogP contribution in [0, 0.1) is 0 Å². The molecule has 0 saturated heterocycles. The number of ketones is 1. The molecule has 1 heterocycles. The van der Waals surface area contributed by atoms with Gasteiger partial charge in [0.1, 0.15) is 6.54 Å². The highest BCUT2D eigenvalue weighted by Gasteiger charge is 2.33. The van der Waals surface area contributed by atoms with Crippen molar-refractivity contribution in [2.75, 3.05) is 11.4 Å². The molecule has 0 spiro atoms. The van der Waals surface area contributed by atoms with E-state index >= 15 is 0 Å². The lowest BCUT2D eigenvalue weighted by molar-refractivity contribution is -0.122. The highest BCUT2D eigenvalue weighted by Crippen LogP contribution is 2.40. The number of carbonyl (C=O) groups is 3. The van der Waals surface area contributed by atoms with Crippen molar-refractivity contribution in [1.29, 1.82) is 0 Å². The van der Waals surface area contributed by atoms with Gasteiger partial charge in [0.15, 0.2) is 5.78 Å². The summed E-state index contributed by atoms with van der Waals surface area (Å²) in [5, 5.41) is -0.246. The number of Topliss-reactive ketones (excluding diaryl/α,β-unsaturated/α-hetero) is 1. The number of hydrogen-bond acceptors (Lipinski definition) is 4. The summed E-state index contributed by atoms with van der Waals surface area (Å²) in [7, 11) is 0. The average Bonchev–Trinajstić information content (AvgIpc) is 2.40. The summed E-state index contributed by atoms with van der Waals surface area (Å²) in [5.74, 6) is -0.694. The van der Waals surface area contributed by atoms with Gasteiger partial charge < -0.3 is 10.6 Å². The van der Waals surface area contributed by atoms with Gasteiger partial charge in [0, 0.05) is 10.5 Å². The van der Waals surface area contributed by atoms with Crippen molar-refractivity contribution in [2.45, 2.75) is 30.4 Å². The second-order valence-corrected chi connectivity index (χ2v) is 5.89. The first-order valence-electron chi connectivity index (χ1n) is 6.35. The van der Waals surface area contributed by atoms with E-state index < -0.39 is 5.91 Å². The summed E-state index contributed by atoms with van der Waals surface area (Å²) in [4.78, 5) is 37.2. The summed E-state index contributed by atoms with van der Waals surface area (Å²) < 4.78 is 0. The number of benzene rings is 1. The van der Waals surface area contributed by atoms with Crippen LogP contribution >= 0.6 is 11.8 Å². The van der Waals surface area contributed by atoms with E-state index in [1.54, 1.807) is 18.2 Å². The van der Waals surface area contributed by atoms with E-state index in [4.69, 9.17) is 5.73 Å². The molecule has 0 aliphatic carbocycles. The van der Waals surface area contributed by atoms with Crippen LogP contribution in [-0.4, -0.2) is 29.4 Å². The number of carbonyl (C=O) groups excluding carboxylic acids is 3.